The monoisotopic (exact) mass is 1220 g/mol. The molecule has 6 N–H and O–H groups in total. The summed E-state index contributed by atoms with van der Waals surface area (Å²) in [5.74, 6) is 1.20. The minimum atomic E-state index is -0.775. The first-order valence-electron chi connectivity index (χ1n) is 27.3. The molecule has 3 fully saturated rings. The van der Waals surface area contributed by atoms with Crippen molar-refractivity contribution in [1.82, 2.24) is 60.8 Å². The Bertz CT molecular complexity index is 3830. The lowest BCUT2D eigenvalue weighted by molar-refractivity contribution is -0.121. The maximum atomic E-state index is 12.0. The highest BCUT2D eigenvalue weighted by atomic mass is 32.2. The summed E-state index contributed by atoms with van der Waals surface area (Å²) < 4.78 is 22.8. The van der Waals surface area contributed by atoms with Crippen molar-refractivity contribution in [3.05, 3.63) is 215 Å². The maximum Gasteiger partial charge on any atom is 0.322 e. The number of carbonyl (C=O) groups excluding carboxylic acids is 6. The number of ether oxygens (including phenoxy) is 3. The van der Waals surface area contributed by atoms with Gasteiger partial charge in [-0.3, -0.25) is 35.0 Å². The smallest absolute Gasteiger partial charge is 0.322 e. The average molecular weight is 1230 g/mol. The van der Waals surface area contributed by atoms with Crippen LogP contribution in [-0.2, 0) is 55.3 Å². The van der Waals surface area contributed by atoms with E-state index in [2.05, 4.69) is 104 Å². The van der Waals surface area contributed by atoms with Gasteiger partial charge in [0.1, 0.15) is 52.8 Å². The number of imide groups is 3. The fourth-order valence-corrected chi connectivity index (χ4v) is 12.2. The summed E-state index contributed by atoms with van der Waals surface area (Å²) >= 11 is 4.39. The van der Waals surface area contributed by atoms with E-state index in [9.17, 15) is 28.8 Å². The average Bonchev–Trinajstić information content (AvgIpc) is 2.02. The first-order valence-corrected chi connectivity index (χ1v) is 29.7. The van der Waals surface area contributed by atoms with Crippen LogP contribution in [0.2, 0.25) is 0 Å². The number of benzene rings is 6. The first kappa shape index (κ1) is 60.3. The van der Waals surface area contributed by atoms with E-state index in [1.807, 2.05) is 121 Å². The number of urea groups is 3. The van der Waals surface area contributed by atoms with Gasteiger partial charge in [-0.15, -0.1) is 0 Å². The van der Waals surface area contributed by atoms with Crippen molar-refractivity contribution < 1.29 is 43.0 Å². The molecule has 3 aromatic heterocycles. The Labute approximate surface area is 513 Å². The number of nitrogens with one attached hydrogen (secondary N) is 6. The van der Waals surface area contributed by atoms with E-state index in [0.717, 1.165) is 58.5 Å². The van der Waals surface area contributed by atoms with Crippen LogP contribution < -0.4 is 46.1 Å². The van der Waals surface area contributed by atoms with Gasteiger partial charge in [-0.2, -0.15) is 5.10 Å². The SMILES string of the molecule is Cc1cccc(COc2ccc(Sc3c(C4NC(=O)NC4=O)ncn3C)cc2)c1.Cc1cccc(COc2ccc(Sc3cnn(C)c3C3NC(=O)NC3=O)cc2)c1.Cc1cccc(COc2ccc(Sc3ncn(C)c3C3NC(=O)NC3=O)cc2)c1. The van der Waals surface area contributed by atoms with Crippen molar-refractivity contribution >= 4 is 71.1 Å². The van der Waals surface area contributed by atoms with Gasteiger partial charge in [-0.25, -0.2) is 24.4 Å². The molecule has 3 aliphatic heterocycles. The topological polar surface area (TPSA) is 256 Å². The zero-order chi connectivity index (χ0) is 61.1. The maximum absolute atomic E-state index is 12.0. The van der Waals surface area contributed by atoms with E-state index in [1.165, 1.54) is 52.0 Å². The predicted octanol–water partition coefficient (Wildman–Crippen LogP) is 10.0. The number of imidazole rings is 2. The molecule has 0 saturated carbocycles. The zero-order valence-electron chi connectivity index (χ0n) is 48.0. The van der Waals surface area contributed by atoms with Gasteiger partial charge in [-0.1, -0.05) is 125 Å². The van der Waals surface area contributed by atoms with E-state index in [-0.39, 0.29) is 11.8 Å². The van der Waals surface area contributed by atoms with Crippen LogP contribution in [0.4, 0.5) is 14.4 Å². The molecule has 3 unspecified atom stereocenters. The first-order chi connectivity index (χ1) is 42.0. The molecule has 24 heteroatoms. The fourth-order valence-electron chi connectivity index (χ4n) is 9.31. The standard InChI is InChI=1S/3C21H20N4O3S/c1-13-4-3-5-14(10-13)12-28-15-6-8-16(9-7-15)29-17-11-22-25(2)19(17)18-20(26)24-21(27)23-18;1-13-4-3-5-14(10-13)11-28-15-6-8-16(9-7-15)29-20-18(25(2)12-22-20)17-19(26)24-21(27)23-17;1-13-4-3-5-14(10-13)11-28-15-6-8-16(9-7-15)29-20-18(22-12-25(20)2)17-19(26)24-21(27)23-17/h3-11,18H,12H2,1-2H3,(H2,23,24,26,27);2*3-10,12,17H,11H2,1-2H3,(H2,23,24,26,27). The quantitative estimate of drug-likeness (QED) is 0.0437. The van der Waals surface area contributed by atoms with Crippen LogP contribution in [0, 0.1) is 20.8 Å². The van der Waals surface area contributed by atoms with Gasteiger partial charge in [0, 0.05) is 35.8 Å². The van der Waals surface area contributed by atoms with Crippen LogP contribution in [0.1, 0.15) is 68.6 Å². The zero-order valence-corrected chi connectivity index (χ0v) is 50.5. The molecule has 0 aliphatic carbocycles. The second kappa shape index (κ2) is 27.5. The van der Waals surface area contributed by atoms with Crippen molar-refractivity contribution in [2.24, 2.45) is 21.1 Å². The largest absolute Gasteiger partial charge is 0.489 e. The Balaban J connectivity index is 0.000000144. The van der Waals surface area contributed by atoms with Crippen LogP contribution in [0.15, 0.2) is 194 Å². The van der Waals surface area contributed by atoms with Crippen LogP contribution in [0.3, 0.4) is 0 Å². The summed E-state index contributed by atoms with van der Waals surface area (Å²) in [7, 11) is 5.40. The Morgan fingerprint density at radius 2 is 0.862 bits per heavy atom. The van der Waals surface area contributed by atoms with Crippen molar-refractivity contribution in [3.8, 4) is 17.2 Å². The second-order valence-electron chi connectivity index (χ2n) is 20.4. The summed E-state index contributed by atoms with van der Waals surface area (Å²) in [6.45, 7) is 7.71. The lowest BCUT2D eigenvalue weighted by atomic mass is 10.1. The molecule has 3 aliphatic rings. The minimum Gasteiger partial charge on any atom is -0.489 e. The van der Waals surface area contributed by atoms with Crippen molar-refractivity contribution in [1.29, 1.82) is 0 Å². The van der Waals surface area contributed by atoms with Gasteiger partial charge in [0.2, 0.25) is 0 Å². The van der Waals surface area contributed by atoms with Crippen molar-refractivity contribution in [2.75, 3.05) is 0 Å². The normalized spacial score (nSPS) is 15.9. The Kier molecular flexibility index (Phi) is 19.1. The summed E-state index contributed by atoms with van der Waals surface area (Å²) in [5.41, 5.74) is 8.82. The molecule has 6 heterocycles. The molecule has 12 rings (SSSR count). The lowest BCUT2D eigenvalue weighted by Gasteiger charge is -2.11. The summed E-state index contributed by atoms with van der Waals surface area (Å²) in [5, 5.41) is 20.3. The number of nitrogens with zero attached hydrogens (tertiary/aromatic N) is 6. The van der Waals surface area contributed by atoms with Crippen LogP contribution in [0.5, 0.6) is 17.2 Å². The molecule has 9 amide bonds. The fraction of sp³-hybridized carbons (Fsp3) is 0.190. The van der Waals surface area contributed by atoms with Crippen LogP contribution in [-0.4, -0.2) is 64.7 Å². The number of carbonyl (C=O) groups is 6. The predicted molar refractivity (Wildman–Crippen MR) is 326 cm³/mol. The number of aromatic nitrogens is 6. The number of rotatable bonds is 18. The molecular formula is C63H60N12O9S3. The van der Waals surface area contributed by atoms with E-state index in [4.69, 9.17) is 14.2 Å². The number of amides is 9. The molecule has 3 saturated heterocycles. The van der Waals surface area contributed by atoms with E-state index in [0.29, 0.717) is 41.9 Å². The molecule has 21 nitrogen and oxygen atoms in total. The van der Waals surface area contributed by atoms with Crippen LogP contribution >= 0.6 is 35.3 Å². The third kappa shape index (κ3) is 15.6. The van der Waals surface area contributed by atoms with Gasteiger partial charge in [0.05, 0.1) is 35.1 Å². The van der Waals surface area contributed by atoms with E-state index >= 15 is 0 Å². The molecule has 0 spiro atoms. The third-order valence-electron chi connectivity index (χ3n) is 13.5. The van der Waals surface area contributed by atoms with E-state index < -0.39 is 42.1 Å². The molecule has 9 aromatic rings. The number of hydrogen-bond donors (Lipinski definition) is 6. The number of aryl methyl sites for hydroxylation is 6. The van der Waals surface area contributed by atoms with Crippen molar-refractivity contribution in [2.45, 2.75) is 88.4 Å². The molecule has 444 valence electrons. The van der Waals surface area contributed by atoms with Gasteiger partial charge >= 0.3 is 18.1 Å². The molecule has 3 atom stereocenters. The second-order valence-corrected chi connectivity index (χ2v) is 23.6. The third-order valence-corrected chi connectivity index (χ3v) is 16.8. The highest BCUT2D eigenvalue weighted by Gasteiger charge is 2.37. The molecule has 0 radical (unpaired) electrons. The summed E-state index contributed by atoms with van der Waals surface area (Å²) in [6.07, 6.45) is 4.96. The highest BCUT2D eigenvalue weighted by Crippen LogP contribution is 2.37. The summed E-state index contributed by atoms with van der Waals surface area (Å²) in [6, 6.07) is 44.1. The molecule has 0 bridgehead atoms. The Morgan fingerprint density at radius 3 is 1.29 bits per heavy atom. The molecule has 87 heavy (non-hydrogen) atoms. The Morgan fingerprint density at radius 1 is 0.460 bits per heavy atom. The van der Waals surface area contributed by atoms with Gasteiger partial charge in [-0.05, 0) is 110 Å². The van der Waals surface area contributed by atoms with Crippen molar-refractivity contribution in [3.63, 3.8) is 0 Å². The summed E-state index contributed by atoms with van der Waals surface area (Å²) in [4.78, 5) is 82.8. The van der Waals surface area contributed by atoms with Gasteiger partial charge in [0.25, 0.3) is 17.7 Å². The number of hydrogen-bond acceptors (Lipinski definition) is 15. The van der Waals surface area contributed by atoms with Crippen LogP contribution in [0.25, 0.3) is 0 Å². The minimum absolute atomic E-state index is 0.375. The highest BCUT2D eigenvalue weighted by molar-refractivity contribution is 7.99. The van der Waals surface area contributed by atoms with Gasteiger partial charge in [0.15, 0.2) is 18.1 Å². The lowest BCUT2D eigenvalue weighted by Crippen LogP contribution is -2.23. The van der Waals surface area contributed by atoms with Gasteiger partial charge < -0.3 is 39.3 Å². The Hall–Kier alpha value is -9.78. The molecule has 6 aromatic carbocycles. The molecular weight excluding hydrogens is 1160 g/mol. The van der Waals surface area contributed by atoms with E-state index in [1.54, 1.807) is 42.2 Å².